The minimum atomic E-state index is 0.223. The van der Waals surface area contributed by atoms with Gasteiger partial charge >= 0.3 is 0 Å². The van der Waals surface area contributed by atoms with Crippen LogP contribution in [0.3, 0.4) is 0 Å². The summed E-state index contributed by atoms with van der Waals surface area (Å²) in [4.78, 5) is 1.30. The maximum atomic E-state index is 9.07. The van der Waals surface area contributed by atoms with Gasteiger partial charge in [-0.05, 0) is 17.4 Å². The molecule has 0 amide bonds. The Morgan fingerprint density at radius 1 is 1.38 bits per heavy atom. The first kappa shape index (κ1) is 10.6. The van der Waals surface area contributed by atoms with E-state index in [1.54, 1.807) is 0 Å². The molecule has 2 heteroatoms. The zero-order valence-electron chi connectivity index (χ0n) is 8.16. The highest BCUT2D eigenvalue weighted by Crippen LogP contribution is 2.27. The summed E-state index contributed by atoms with van der Waals surface area (Å²) in [5.74, 6) is 1.32. The fraction of sp³-hybridized carbons (Fsp3) is 0.455. The van der Waals surface area contributed by atoms with Crippen LogP contribution in [0.5, 0.6) is 0 Å². The molecule has 0 bridgehead atoms. The fourth-order valence-electron chi connectivity index (χ4n) is 1.27. The van der Waals surface area contributed by atoms with Crippen LogP contribution in [-0.4, -0.2) is 17.5 Å². The summed E-state index contributed by atoms with van der Waals surface area (Å²) < 4.78 is 0. The predicted molar refractivity (Wildman–Crippen MR) is 58.3 cm³/mol. The van der Waals surface area contributed by atoms with E-state index in [4.69, 9.17) is 5.11 Å². The zero-order chi connectivity index (χ0) is 9.68. The lowest BCUT2D eigenvalue weighted by atomic mass is 10.0. The first-order valence-electron chi connectivity index (χ1n) is 4.62. The van der Waals surface area contributed by atoms with Crippen LogP contribution in [0.15, 0.2) is 29.2 Å². The van der Waals surface area contributed by atoms with E-state index < -0.39 is 0 Å². The van der Waals surface area contributed by atoms with Crippen LogP contribution < -0.4 is 0 Å². The standard InChI is InChI=1S/C11H16OS/c1-3-13-11-7-5-4-6-10(11)9(2)8-12/h4-7,9,12H,3,8H2,1-2H3. The summed E-state index contributed by atoms with van der Waals surface area (Å²) in [5, 5.41) is 9.07. The number of benzene rings is 1. The van der Waals surface area contributed by atoms with E-state index in [-0.39, 0.29) is 12.5 Å². The van der Waals surface area contributed by atoms with E-state index in [0.29, 0.717) is 0 Å². The van der Waals surface area contributed by atoms with Crippen molar-refractivity contribution in [2.75, 3.05) is 12.4 Å². The van der Waals surface area contributed by atoms with Gasteiger partial charge in [-0.25, -0.2) is 0 Å². The predicted octanol–water partition coefficient (Wildman–Crippen LogP) is 2.89. The molecule has 0 aliphatic rings. The van der Waals surface area contributed by atoms with Crippen LogP contribution in [0.1, 0.15) is 25.3 Å². The summed E-state index contributed by atoms with van der Waals surface area (Å²) >= 11 is 1.83. The third kappa shape index (κ3) is 2.75. The summed E-state index contributed by atoms with van der Waals surface area (Å²) in [6.07, 6.45) is 0. The molecule has 1 nitrogen and oxygen atoms in total. The Morgan fingerprint density at radius 2 is 2.08 bits per heavy atom. The molecule has 1 aromatic rings. The molecule has 1 aromatic carbocycles. The van der Waals surface area contributed by atoms with E-state index >= 15 is 0 Å². The van der Waals surface area contributed by atoms with E-state index in [9.17, 15) is 0 Å². The summed E-state index contributed by atoms with van der Waals surface area (Å²) in [7, 11) is 0. The second-order valence-electron chi connectivity index (χ2n) is 3.05. The van der Waals surface area contributed by atoms with E-state index in [1.807, 2.05) is 23.9 Å². The molecule has 0 spiro atoms. The summed E-state index contributed by atoms with van der Waals surface area (Å²) in [5.41, 5.74) is 1.26. The zero-order valence-corrected chi connectivity index (χ0v) is 8.97. The highest BCUT2D eigenvalue weighted by Gasteiger charge is 2.08. The van der Waals surface area contributed by atoms with Gasteiger partial charge in [0, 0.05) is 17.4 Å². The van der Waals surface area contributed by atoms with Gasteiger partial charge in [0.05, 0.1) is 0 Å². The lowest BCUT2D eigenvalue weighted by molar-refractivity contribution is 0.272. The lowest BCUT2D eigenvalue weighted by Crippen LogP contribution is -2.00. The highest BCUT2D eigenvalue weighted by molar-refractivity contribution is 7.99. The van der Waals surface area contributed by atoms with Crippen molar-refractivity contribution in [3.63, 3.8) is 0 Å². The van der Waals surface area contributed by atoms with Gasteiger partial charge in [0.1, 0.15) is 0 Å². The molecule has 13 heavy (non-hydrogen) atoms. The van der Waals surface area contributed by atoms with Crippen LogP contribution in [0, 0.1) is 0 Å². The molecule has 0 aliphatic heterocycles. The number of rotatable bonds is 4. The second kappa shape index (κ2) is 5.30. The number of thioether (sulfide) groups is 1. The molecule has 0 aliphatic carbocycles. The molecule has 1 rings (SSSR count). The maximum absolute atomic E-state index is 9.07. The molecular weight excluding hydrogens is 180 g/mol. The number of aliphatic hydroxyl groups is 1. The SMILES string of the molecule is CCSc1ccccc1C(C)CO. The topological polar surface area (TPSA) is 20.2 Å². The summed E-state index contributed by atoms with van der Waals surface area (Å²) in [6.45, 7) is 4.42. The van der Waals surface area contributed by atoms with Gasteiger partial charge in [-0.3, -0.25) is 0 Å². The maximum Gasteiger partial charge on any atom is 0.0497 e. The minimum absolute atomic E-state index is 0.223. The molecule has 1 unspecified atom stereocenters. The van der Waals surface area contributed by atoms with Gasteiger partial charge in [0.2, 0.25) is 0 Å². The molecule has 0 fully saturated rings. The van der Waals surface area contributed by atoms with Crippen molar-refractivity contribution in [1.29, 1.82) is 0 Å². The third-order valence-electron chi connectivity index (χ3n) is 2.02. The quantitative estimate of drug-likeness (QED) is 0.747. The average Bonchev–Trinajstić information content (AvgIpc) is 2.18. The average molecular weight is 196 g/mol. The Balaban J connectivity index is 2.90. The third-order valence-corrected chi connectivity index (χ3v) is 3.00. The van der Waals surface area contributed by atoms with Crippen molar-refractivity contribution in [2.45, 2.75) is 24.7 Å². The van der Waals surface area contributed by atoms with Crippen molar-refractivity contribution in [3.8, 4) is 0 Å². The van der Waals surface area contributed by atoms with Gasteiger partial charge in [-0.15, -0.1) is 11.8 Å². The Kier molecular flexibility index (Phi) is 4.33. The van der Waals surface area contributed by atoms with Gasteiger partial charge in [-0.2, -0.15) is 0 Å². The fourth-order valence-corrected chi connectivity index (χ4v) is 2.19. The van der Waals surface area contributed by atoms with Gasteiger partial charge in [-0.1, -0.05) is 32.0 Å². The number of aliphatic hydroxyl groups excluding tert-OH is 1. The Bertz CT molecular complexity index is 260. The van der Waals surface area contributed by atoms with Gasteiger partial charge in [0.15, 0.2) is 0 Å². The Labute approximate surface area is 84.2 Å². The minimum Gasteiger partial charge on any atom is -0.396 e. The molecule has 0 heterocycles. The lowest BCUT2D eigenvalue weighted by Gasteiger charge is -2.12. The van der Waals surface area contributed by atoms with Gasteiger partial charge < -0.3 is 5.11 Å². The molecule has 0 saturated heterocycles. The largest absolute Gasteiger partial charge is 0.396 e. The van der Waals surface area contributed by atoms with E-state index in [1.165, 1.54) is 10.5 Å². The van der Waals surface area contributed by atoms with Crippen LogP contribution in [0.25, 0.3) is 0 Å². The molecule has 72 valence electrons. The van der Waals surface area contributed by atoms with Crippen LogP contribution >= 0.6 is 11.8 Å². The Hall–Kier alpha value is -0.470. The first-order chi connectivity index (χ1) is 6.29. The Morgan fingerprint density at radius 3 is 2.69 bits per heavy atom. The van der Waals surface area contributed by atoms with Crippen molar-refractivity contribution >= 4 is 11.8 Å². The summed E-state index contributed by atoms with van der Waals surface area (Å²) in [6, 6.07) is 8.29. The van der Waals surface area contributed by atoms with Crippen molar-refractivity contribution in [3.05, 3.63) is 29.8 Å². The van der Waals surface area contributed by atoms with Crippen molar-refractivity contribution < 1.29 is 5.11 Å². The van der Waals surface area contributed by atoms with Gasteiger partial charge in [0.25, 0.3) is 0 Å². The molecule has 1 N–H and O–H groups in total. The van der Waals surface area contributed by atoms with E-state index in [0.717, 1.165) is 5.75 Å². The van der Waals surface area contributed by atoms with Crippen LogP contribution in [-0.2, 0) is 0 Å². The van der Waals surface area contributed by atoms with Crippen molar-refractivity contribution in [1.82, 2.24) is 0 Å². The first-order valence-corrected chi connectivity index (χ1v) is 5.60. The number of hydrogen-bond donors (Lipinski definition) is 1. The van der Waals surface area contributed by atoms with Crippen LogP contribution in [0.4, 0.5) is 0 Å². The number of hydrogen-bond acceptors (Lipinski definition) is 2. The van der Waals surface area contributed by atoms with Crippen LogP contribution in [0.2, 0.25) is 0 Å². The molecular formula is C11H16OS. The monoisotopic (exact) mass is 196 g/mol. The molecule has 0 saturated carbocycles. The second-order valence-corrected chi connectivity index (χ2v) is 4.36. The molecule has 0 radical (unpaired) electrons. The molecule has 0 aromatic heterocycles. The normalized spacial score (nSPS) is 12.8. The smallest absolute Gasteiger partial charge is 0.0497 e. The highest BCUT2D eigenvalue weighted by atomic mass is 32.2. The van der Waals surface area contributed by atoms with Crippen molar-refractivity contribution in [2.24, 2.45) is 0 Å². The van der Waals surface area contributed by atoms with E-state index in [2.05, 4.69) is 26.0 Å². The molecule has 1 atom stereocenters.